The van der Waals surface area contributed by atoms with Crippen molar-refractivity contribution < 1.29 is 14.3 Å². The average Bonchev–Trinajstić information content (AvgIpc) is 2.48. The summed E-state index contributed by atoms with van der Waals surface area (Å²) in [7, 11) is 0. The van der Waals surface area contributed by atoms with Gasteiger partial charge in [-0.15, -0.1) is 0 Å². The molecule has 0 unspecified atom stereocenters. The minimum atomic E-state index is -0.565. The average molecular weight is 254 g/mol. The van der Waals surface area contributed by atoms with Crippen molar-refractivity contribution in [3.63, 3.8) is 0 Å². The van der Waals surface area contributed by atoms with Crippen LogP contribution in [0, 0.1) is 0 Å². The number of rotatable bonds is 5. The van der Waals surface area contributed by atoms with Crippen molar-refractivity contribution in [1.82, 2.24) is 0 Å². The number of carbonyl (C=O) groups is 2. The van der Waals surface area contributed by atoms with Crippen LogP contribution in [-0.4, -0.2) is 18.2 Å². The van der Waals surface area contributed by atoms with Gasteiger partial charge in [-0.25, -0.2) is 0 Å². The second-order valence-corrected chi connectivity index (χ2v) is 4.18. The van der Waals surface area contributed by atoms with Crippen LogP contribution in [-0.2, 0) is 0 Å². The quantitative estimate of drug-likeness (QED) is 0.608. The lowest BCUT2D eigenvalue weighted by atomic mass is 10.1. The Labute approximate surface area is 111 Å². The van der Waals surface area contributed by atoms with E-state index in [1.165, 1.54) is 0 Å². The van der Waals surface area contributed by atoms with Crippen molar-refractivity contribution in [2.75, 3.05) is 0 Å². The van der Waals surface area contributed by atoms with Gasteiger partial charge in [0.25, 0.3) is 0 Å². The number of Topliss-reactive ketones (excluding diaryl/α,β-unsaturated/α-hetero) is 1. The fourth-order valence-electron chi connectivity index (χ4n) is 1.72. The monoisotopic (exact) mass is 254 g/mol. The highest BCUT2D eigenvalue weighted by molar-refractivity contribution is 5.99. The van der Waals surface area contributed by atoms with E-state index in [2.05, 4.69) is 0 Å². The van der Waals surface area contributed by atoms with Gasteiger partial charge < -0.3 is 4.74 Å². The van der Waals surface area contributed by atoms with Crippen molar-refractivity contribution >= 4 is 12.1 Å². The molecule has 2 aromatic carbocycles. The maximum absolute atomic E-state index is 12.1. The summed E-state index contributed by atoms with van der Waals surface area (Å²) in [5, 5.41) is 0. The third kappa shape index (κ3) is 3.28. The molecule has 1 atom stereocenters. The van der Waals surface area contributed by atoms with Crippen molar-refractivity contribution in [1.29, 1.82) is 0 Å². The molecule has 0 saturated heterocycles. The Morgan fingerprint density at radius 2 is 1.68 bits per heavy atom. The van der Waals surface area contributed by atoms with E-state index in [1.807, 2.05) is 18.2 Å². The molecule has 0 aromatic heterocycles. The van der Waals surface area contributed by atoms with E-state index >= 15 is 0 Å². The van der Waals surface area contributed by atoms with Crippen LogP contribution in [0.25, 0.3) is 0 Å². The summed E-state index contributed by atoms with van der Waals surface area (Å²) in [6.45, 7) is 1.71. The number of benzene rings is 2. The molecular weight excluding hydrogens is 240 g/mol. The molecule has 19 heavy (non-hydrogen) atoms. The fraction of sp³-hybridized carbons (Fsp3) is 0.125. The maximum Gasteiger partial charge on any atom is 0.202 e. The molecule has 0 aliphatic carbocycles. The van der Waals surface area contributed by atoms with Crippen LogP contribution in [0.1, 0.15) is 27.6 Å². The molecule has 3 heteroatoms. The molecule has 0 radical (unpaired) electrons. The molecule has 0 N–H and O–H groups in total. The van der Waals surface area contributed by atoms with E-state index in [9.17, 15) is 9.59 Å². The number of ketones is 1. The van der Waals surface area contributed by atoms with Crippen LogP contribution in [0.4, 0.5) is 0 Å². The van der Waals surface area contributed by atoms with Crippen LogP contribution in [0.15, 0.2) is 54.6 Å². The number of aldehydes is 1. The molecule has 0 saturated carbocycles. The Morgan fingerprint density at radius 1 is 1.05 bits per heavy atom. The summed E-state index contributed by atoms with van der Waals surface area (Å²) in [6.07, 6.45) is 0.201. The molecule has 96 valence electrons. The van der Waals surface area contributed by atoms with Gasteiger partial charge >= 0.3 is 0 Å². The van der Waals surface area contributed by atoms with Crippen LogP contribution in [0.2, 0.25) is 0 Å². The van der Waals surface area contributed by atoms with Crippen molar-refractivity contribution in [2.24, 2.45) is 0 Å². The molecule has 3 nitrogen and oxygen atoms in total. The number of hydrogen-bond acceptors (Lipinski definition) is 3. The van der Waals surface area contributed by atoms with Crippen LogP contribution in [0.5, 0.6) is 5.75 Å². The lowest BCUT2D eigenvalue weighted by Crippen LogP contribution is -2.23. The normalized spacial score (nSPS) is 11.6. The fourth-order valence-corrected chi connectivity index (χ4v) is 1.72. The van der Waals surface area contributed by atoms with Crippen molar-refractivity contribution in [3.8, 4) is 5.75 Å². The lowest BCUT2D eigenvalue weighted by molar-refractivity contribution is 0.0818. The molecule has 2 aromatic rings. The number of hydrogen-bond donors (Lipinski definition) is 0. The third-order valence-corrected chi connectivity index (χ3v) is 2.76. The second-order valence-electron chi connectivity index (χ2n) is 4.18. The van der Waals surface area contributed by atoms with Crippen LogP contribution < -0.4 is 4.74 Å². The van der Waals surface area contributed by atoms with E-state index in [1.54, 1.807) is 43.3 Å². The van der Waals surface area contributed by atoms with Gasteiger partial charge in [0.15, 0.2) is 6.10 Å². The predicted octanol–water partition coefficient (Wildman–Crippen LogP) is 3.15. The zero-order chi connectivity index (χ0) is 13.7. The van der Waals surface area contributed by atoms with Gasteiger partial charge in [0.05, 0.1) is 0 Å². The minimum Gasteiger partial charge on any atom is -0.483 e. The summed E-state index contributed by atoms with van der Waals surface area (Å²) in [5.41, 5.74) is 1.20. The van der Waals surface area contributed by atoms with E-state index in [0.29, 0.717) is 16.9 Å². The Balaban J connectivity index is 2.06. The van der Waals surface area contributed by atoms with Crippen LogP contribution >= 0.6 is 0 Å². The highest BCUT2D eigenvalue weighted by atomic mass is 16.5. The van der Waals surface area contributed by atoms with E-state index in [-0.39, 0.29) is 5.78 Å². The van der Waals surface area contributed by atoms with E-state index in [4.69, 9.17) is 4.74 Å². The predicted molar refractivity (Wildman–Crippen MR) is 72.7 cm³/mol. The molecule has 0 spiro atoms. The van der Waals surface area contributed by atoms with Crippen LogP contribution in [0.3, 0.4) is 0 Å². The Kier molecular flexibility index (Phi) is 4.08. The van der Waals surface area contributed by atoms with Gasteiger partial charge in [0, 0.05) is 11.1 Å². The summed E-state index contributed by atoms with van der Waals surface area (Å²) >= 11 is 0. The standard InChI is InChI=1S/C16H14O3/c1-12(16(18)14-5-3-2-4-6-14)19-15-9-7-13(11-17)8-10-15/h2-12H,1H3/t12-/m0/s1. The minimum absolute atomic E-state index is 0.0694. The highest BCUT2D eigenvalue weighted by Crippen LogP contribution is 2.15. The molecule has 0 heterocycles. The Hall–Kier alpha value is -2.42. The SMILES string of the molecule is C[C@H](Oc1ccc(C=O)cc1)C(=O)c1ccccc1. The summed E-state index contributed by atoms with van der Waals surface area (Å²) in [6, 6.07) is 15.7. The van der Waals surface area contributed by atoms with E-state index in [0.717, 1.165) is 6.29 Å². The zero-order valence-corrected chi connectivity index (χ0v) is 10.6. The molecule has 0 fully saturated rings. The zero-order valence-electron chi connectivity index (χ0n) is 10.6. The summed E-state index contributed by atoms with van der Waals surface area (Å²) < 4.78 is 5.56. The van der Waals surface area contributed by atoms with Gasteiger partial charge in [-0.2, -0.15) is 0 Å². The van der Waals surface area contributed by atoms with Gasteiger partial charge in [-0.3, -0.25) is 9.59 Å². The number of ether oxygens (including phenoxy) is 1. The largest absolute Gasteiger partial charge is 0.483 e. The van der Waals surface area contributed by atoms with Crippen molar-refractivity contribution in [3.05, 3.63) is 65.7 Å². The molecule has 0 bridgehead atoms. The summed E-state index contributed by atoms with van der Waals surface area (Å²) in [5.74, 6) is 0.502. The molecule has 0 amide bonds. The molecule has 0 aliphatic heterocycles. The second kappa shape index (κ2) is 5.96. The Bertz CT molecular complexity index is 558. The first-order chi connectivity index (χ1) is 9.20. The molecular formula is C16H14O3. The van der Waals surface area contributed by atoms with Crippen molar-refractivity contribution in [2.45, 2.75) is 13.0 Å². The smallest absolute Gasteiger partial charge is 0.202 e. The van der Waals surface area contributed by atoms with Gasteiger partial charge in [0.2, 0.25) is 5.78 Å². The van der Waals surface area contributed by atoms with E-state index < -0.39 is 6.10 Å². The maximum atomic E-state index is 12.1. The van der Waals surface area contributed by atoms with Gasteiger partial charge in [-0.05, 0) is 31.2 Å². The summed E-state index contributed by atoms with van der Waals surface area (Å²) in [4.78, 5) is 22.6. The third-order valence-electron chi connectivity index (χ3n) is 2.76. The first-order valence-electron chi connectivity index (χ1n) is 6.02. The van der Waals surface area contributed by atoms with Gasteiger partial charge in [-0.1, -0.05) is 30.3 Å². The molecule has 2 rings (SSSR count). The highest BCUT2D eigenvalue weighted by Gasteiger charge is 2.16. The first kappa shape index (κ1) is 13.0. The van der Waals surface area contributed by atoms with Gasteiger partial charge in [0.1, 0.15) is 12.0 Å². The lowest BCUT2D eigenvalue weighted by Gasteiger charge is -2.13. The number of carbonyl (C=O) groups excluding carboxylic acids is 2. The topological polar surface area (TPSA) is 43.4 Å². The Morgan fingerprint density at radius 3 is 2.26 bits per heavy atom. The molecule has 0 aliphatic rings. The first-order valence-corrected chi connectivity index (χ1v) is 6.02.